The minimum absolute atomic E-state index is 0.170. The molecule has 5 nitrogen and oxygen atoms in total. The van der Waals surface area contributed by atoms with E-state index in [1.54, 1.807) is 31.4 Å². The summed E-state index contributed by atoms with van der Waals surface area (Å²) in [6.07, 6.45) is 1.56. The third kappa shape index (κ3) is 2.57. The molecule has 2 rings (SSSR count). The number of nitrogen functional groups attached to an aromatic ring is 1. The van der Waals surface area contributed by atoms with E-state index in [0.717, 1.165) is 0 Å². The molecule has 0 aliphatic rings. The first kappa shape index (κ1) is 12.7. The third-order valence-corrected chi connectivity index (χ3v) is 2.99. The molecule has 0 radical (unpaired) electrons. The van der Waals surface area contributed by atoms with Gasteiger partial charge in [0.25, 0.3) is 5.91 Å². The summed E-state index contributed by atoms with van der Waals surface area (Å²) in [6, 6.07) is 4.80. The maximum absolute atomic E-state index is 11.9. The Labute approximate surface area is 113 Å². The second-order valence-electron chi connectivity index (χ2n) is 3.69. The highest BCUT2D eigenvalue weighted by molar-refractivity contribution is 6.42. The molecular formula is C11H10Cl2N4O. The first-order valence-electron chi connectivity index (χ1n) is 5.03. The number of halogens is 2. The van der Waals surface area contributed by atoms with Gasteiger partial charge in [-0.2, -0.15) is 5.10 Å². The summed E-state index contributed by atoms with van der Waals surface area (Å²) < 4.78 is 1.47. The number of carbonyl (C=O) groups excluding carboxylic acids is 1. The summed E-state index contributed by atoms with van der Waals surface area (Å²) in [4.78, 5) is 11.9. The molecule has 3 N–H and O–H groups in total. The number of aryl methyl sites for hydroxylation is 1. The SMILES string of the molecule is Cn1cc(N)c(C(=O)Nc2ccc(Cl)c(Cl)c2)n1. The van der Waals surface area contributed by atoms with Crippen molar-refractivity contribution in [3.05, 3.63) is 40.1 Å². The fourth-order valence-electron chi connectivity index (χ4n) is 1.45. The van der Waals surface area contributed by atoms with E-state index in [1.807, 2.05) is 0 Å². The van der Waals surface area contributed by atoms with Gasteiger partial charge in [0.1, 0.15) is 0 Å². The number of carbonyl (C=O) groups is 1. The van der Waals surface area contributed by atoms with Gasteiger partial charge in [0.05, 0.1) is 15.7 Å². The van der Waals surface area contributed by atoms with Crippen LogP contribution in [-0.2, 0) is 7.05 Å². The summed E-state index contributed by atoms with van der Waals surface area (Å²) >= 11 is 11.6. The van der Waals surface area contributed by atoms with Gasteiger partial charge in [-0.05, 0) is 18.2 Å². The largest absolute Gasteiger partial charge is 0.396 e. The Morgan fingerprint density at radius 2 is 2.11 bits per heavy atom. The summed E-state index contributed by atoms with van der Waals surface area (Å²) in [5, 5.41) is 7.40. The van der Waals surface area contributed by atoms with E-state index in [-0.39, 0.29) is 5.69 Å². The fourth-order valence-corrected chi connectivity index (χ4v) is 1.75. The van der Waals surface area contributed by atoms with Crippen LogP contribution in [0.2, 0.25) is 10.0 Å². The zero-order chi connectivity index (χ0) is 13.3. The van der Waals surface area contributed by atoms with Gasteiger partial charge >= 0.3 is 0 Å². The van der Waals surface area contributed by atoms with Crippen molar-refractivity contribution in [1.29, 1.82) is 0 Å². The Kier molecular flexibility index (Phi) is 3.45. The normalized spacial score (nSPS) is 10.4. The van der Waals surface area contributed by atoms with Crippen molar-refractivity contribution in [2.24, 2.45) is 7.05 Å². The van der Waals surface area contributed by atoms with Gasteiger partial charge < -0.3 is 11.1 Å². The lowest BCUT2D eigenvalue weighted by molar-refractivity contribution is 0.102. The summed E-state index contributed by atoms with van der Waals surface area (Å²) in [6.45, 7) is 0. The van der Waals surface area contributed by atoms with Crippen LogP contribution < -0.4 is 11.1 Å². The predicted molar refractivity (Wildman–Crippen MR) is 72.0 cm³/mol. The maximum Gasteiger partial charge on any atom is 0.278 e. The number of rotatable bonds is 2. The third-order valence-electron chi connectivity index (χ3n) is 2.25. The molecule has 94 valence electrons. The molecular weight excluding hydrogens is 275 g/mol. The first-order valence-corrected chi connectivity index (χ1v) is 5.78. The number of aromatic nitrogens is 2. The minimum Gasteiger partial charge on any atom is -0.396 e. The van der Waals surface area contributed by atoms with E-state index >= 15 is 0 Å². The van der Waals surface area contributed by atoms with E-state index < -0.39 is 5.91 Å². The molecule has 0 aliphatic carbocycles. The topological polar surface area (TPSA) is 72.9 Å². The van der Waals surface area contributed by atoms with Crippen LogP contribution in [0.3, 0.4) is 0 Å². The average Bonchev–Trinajstić information content (AvgIpc) is 2.63. The van der Waals surface area contributed by atoms with Gasteiger partial charge in [-0.25, -0.2) is 0 Å². The Morgan fingerprint density at radius 3 is 2.67 bits per heavy atom. The molecule has 0 atom stereocenters. The van der Waals surface area contributed by atoms with Crippen molar-refractivity contribution in [3.8, 4) is 0 Å². The molecule has 7 heteroatoms. The van der Waals surface area contributed by atoms with E-state index in [1.165, 1.54) is 4.68 Å². The van der Waals surface area contributed by atoms with Crippen molar-refractivity contribution >= 4 is 40.5 Å². The molecule has 0 aliphatic heterocycles. The fraction of sp³-hybridized carbons (Fsp3) is 0.0909. The molecule has 1 heterocycles. The van der Waals surface area contributed by atoms with Gasteiger partial charge in [-0.3, -0.25) is 9.48 Å². The smallest absolute Gasteiger partial charge is 0.278 e. The van der Waals surface area contributed by atoms with Crippen molar-refractivity contribution in [3.63, 3.8) is 0 Å². The molecule has 0 fully saturated rings. The van der Waals surface area contributed by atoms with Gasteiger partial charge in [0, 0.05) is 18.9 Å². The van der Waals surface area contributed by atoms with Crippen LogP contribution in [0.25, 0.3) is 0 Å². The molecule has 1 amide bonds. The number of nitrogens with one attached hydrogen (secondary N) is 1. The van der Waals surface area contributed by atoms with Crippen LogP contribution in [0.4, 0.5) is 11.4 Å². The lowest BCUT2D eigenvalue weighted by Gasteiger charge is -2.05. The molecule has 0 spiro atoms. The number of benzene rings is 1. The van der Waals surface area contributed by atoms with Gasteiger partial charge in [-0.15, -0.1) is 0 Å². The van der Waals surface area contributed by atoms with Crippen LogP contribution in [0, 0.1) is 0 Å². The quantitative estimate of drug-likeness (QED) is 0.890. The molecule has 0 saturated carbocycles. The maximum atomic E-state index is 11.9. The Bertz CT molecular complexity index is 609. The van der Waals surface area contributed by atoms with Crippen LogP contribution >= 0.6 is 23.2 Å². The highest BCUT2D eigenvalue weighted by atomic mass is 35.5. The Hall–Kier alpha value is -1.72. The summed E-state index contributed by atoms with van der Waals surface area (Å²) in [7, 11) is 1.69. The zero-order valence-corrected chi connectivity index (χ0v) is 11.0. The van der Waals surface area contributed by atoms with Crippen LogP contribution in [0.1, 0.15) is 10.5 Å². The van der Waals surface area contributed by atoms with Crippen LogP contribution in [0.5, 0.6) is 0 Å². The van der Waals surface area contributed by atoms with Crippen LogP contribution in [-0.4, -0.2) is 15.7 Å². The molecule has 1 aromatic carbocycles. The number of amides is 1. The highest BCUT2D eigenvalue weighted by Crippen LogP contribution is 2.25. The average molecular weight is 285 g/mol. The molecule has 0 saturated heterocycles. The van der Waals surface area contributed by atoms with Gasteiger partial charge in [0.15, 0.2) is 5.69 Å². The molecule has 18 heavy (non-hydrogen) atoms. The van der Waals surface area contributed by atoms with Gasteiger partial charge in [0.2, 0.25) is 0 Å². The number of hydrogen-bond donors (Lipinski definition) is 2. The van der Waals surface area contributed by atoms with Crippen molar-refractivity contribution in [2.75, 3.05) is 11.1 Å². The van der Waals surface area contributed by atoms with E-state index in [4.69, 9.17) is 28.9 Å². The molecule has 2 aromatic rings. The number of nitrogens with two attached hydrogens (primary N) is 1. The minimum atomic E-state index is -0.397. The summed E-state index contributed by atoms with van der Waals surface area (Å²) in [5.41, 5.74) is 6.67. The monoisotopic (exact) mass is 284 g/mol. The lowest BCUT2D eigenvalue weighted by atomic mass is 10.3. The van der Waals surface area contributed by atoms with Crippen molar-refractivity contribution < 1.29 is 4.79 Å². The van der Waals surface area contributed by atoms with E-state index in [2.05, 4.69) is 10.4 Å². The first-order chi connectivity index (χ1) is 8.47. The number of hydrogen-bond acceptors (Lipinski definition) is 3. The lowest BCUT2D eigenvalue weighted by Crippen LogP contribution is -2.14. The summed E-state index contributed by atoms with van der Waals surface area (Å²) in [5.74, 6) is -0.397. The Morgan fingerprint density at radius 1 is 1.39 bits per heavy atom. The zero-order valence-electron chi connectivity index (χ0n) is 9.45. The van der Waals surface area contributed by atoms with E-state index in [9.17, 15) is 4.79 Å². The molecule has 0 bridgehead atoms. The molecule has 0 unspecified atom stereocenters. The van der Waals surface area contributed by atoms with E-state index in [0.29, 0.717) is 21.4 Å². The van der Waals surface area contributed by atoms with Crippen molar-refractivity contribution in [2.45, 2.75) is 0 Å². The Balaban J connectivity index is 2.21. The van der Waals surface area contributed by atoms with Crippen LogP contribution in [0.15, 0.2) is 24.4 Å². The number of anilines is 2. The number of nitrogens with zero attached hydrogens (tertiary/aromatic N) is 2. The highest BCUT2D eigenvalue weighted by Gasteiger charge is 2.14. The second kappa shape index (κ2) is 4.88. The van der Waals surface area contributed by atoms with Crippen molar-refractivity contribution in [1.82, 2.24) is 9.78 Å². The molecule has 1 aromatic heterocycles. The predicted octanol–water partition coefficient (Wildman–Crippen LogP) is 2.56. The van der Waals surface area contributed by atoms with Gasteiger partial charge in [-0.1, -0.05) is 23.2 Å². The second-order valence-corrected chi connectivity index (χ2v) is 4.50. The standard InChI is InChI=1S/C11H10Cl2N4O/c1-17-5-9(14)10(16-17)11(18)15-6-2-3-7(12)8(13)4-6/h2-5H,14H2,1H3,(H,15,18).